The van der Waals surface area contributed by atoms with Crippen LogP contribution in [0.1, 0.15) is 85.0 Å². The molecule has 0 amide bonds. The van der Waals surface area contributed by atoms with E-state index in [0.29, 0.717) is 5.56 Å². The fourth-order valence-corrected chi connectivity index (χ4v) is 5.88. The molecule has 1 atom stereocenters. The van der Waals surface area contributed by atoms with E-state index in [1.165, 1.54) is 38.9 Å². The lowest BCUT2D eigenvalue weighted by Gasteiger charge is -2.24. The summed E-state index contributed by atoms with van der Waals surface area (Å²) in [5, 5.41) is 0. The van der Waals surface area contributed by atoms with Crippen molar-refractivity contribution in [2.45, 2.75) is 58.3 Å². The normalized spacial score (nSPS) is 13.5. The van der Waals surface area contributed by atoms with Crippen LogP contribution in [0.5, 0.6) is 0 Å². The molecular formula is C36H37NO2. The Bertz CT molecular complexity index is 1460. The first-order valence-corrected chi connectivity index (χ1v) is 14.1. The Morgan fingerprint density at radius 2 is 1.21 bits per heavy atom. The highest BCUT2D eigenvalue weighted by Gasteiger charge is 2.23. The van der Waals surface area contributed by atoms with E-state index < -0.39 is 0 Å². The standard InChI is InChI=1S/C36H37NO2/c1-24(30-15-9-28(10-16-30)7-8-29-11-17-31(18-12-29)34(39)23-37)35-32-19-13-26-3-5-27(6-4-26)14-20-33(22-21-32)36(35)25(2)38/h3-6,9-12,15-18,21-22,24H,7-8,13-14,19-20,23,37H2,1-2H3. The highest BCUT2D eigenvalue weighted by atomic mass is 16.1. The zero-order valence-electron chi connectivity index (χ0n) is 23.0. The number of hydrogen-bond donors (Lipinski definition) is 1. The van der Waals surface area contributed by atoms with E-state index in [4.69, 9.17) is 5.73 Å². The maximum atomic E-state index is 13.1. The minimum absolute atomic E-state index is 0.0327. The van der Waals surface area contributed by atoms with Crippen molar-refractivity contribution in [2.24, 2.45) is 5.73 Å². The van der Waals surface area contributed by atoms with Gasteiger partial charge in [0.15, 0.2) is 11.6 Å². The van der Waals surface area contributed by atoms with Gasteiger partial charge in [0.1, 0.15) is 0 Å². The molecule has 4 aliphatic carbocycles. The van der Waals surface area contributed by atoms with E-state index in [1.807, 2.05) is 24.3 Å². The van der Waals surface area contributed by atoms with Crippen LogP contribution in [0.4, 0.5) is 0 Å². The Labute approximate surface area is 232 Å². The van der Waals surface area contributed by atoms with Gasteiger partial charge in [0.05, 0.1) is 6.54 Å². The van der Waals surface area contributed by atoms with Crippen molar-refractivity contribution >= 4 is 11.6 Å². The molecule has 0 fully saturated rings. The predicted molar refractivity (Wildman–Crippen MR) is 159 cm³/mol. The molecule has 0 heterocycles. The van der Waals surface area contributed by atoms with Crippen LogP contribution in [0.3, 0.4) is 0 Å². The molecule has 0 saturated carbocycles. The topological polar surface area (TPSA) is 60.2 Å². The van der Waals surface area contributed by atoms with Gasteiger partial charge in [0.2, 0.25) is 0 Å². The lowest BCUT2D eigenvalue weighted by Crippen LogP contribution is -2.14. The molecule has 1 unspecified atom stereocenters. The summed E-state index contributed by atoms with van der Waals surface area (Å²) in [6.45, 7) is 4.01. The summed E-state index contributed by atoms with van der Waals surface area (Å²) in [6.07, 6.45) is 5.54. The maximum absolute atomic E-state index is 13.1. The van der Waals surface area contributed by atoms with Crippen LogP contribution in [0.15, 0.2) is 84.9 Å². The van der Waals surface area contributed by atoms with Crippen molar-refractivity contribution in [3.05, 3.63) is 141 Å². The number of nitrogens with two attached hydrogens (primary N) is 1. The SMILES string of the molecule is CC(=O)c1c2ccc(c1C(C)c1ccc(CCc3ccc(C(=O)CN)cc3)cc1)CCc1ccc(cc1)CC2. The smallest absolute Gasteiger partial charge is 0.176 e. The molecule has 198 valence electrons. The molecule has 4 bridgehead atoms. The van der Waals surface area contributed by atoms with E-state index in [1.54, 1.807) is 6.92 Å². The van der Waals surface area contributed by atoms with E-state index in [2.05, 4.69) is 67.6 Å². The van der Waals surface area contributed by atoms with Gasteiger partial charge in [-0.1, -0.05) is 91.9 Å². The third-order valence-corrected chi connectivity index (χ3v) is 8.24. The number of rotatable bonds is 8. The first kappa shape index (κ1) is 26.8. The van der Waals surface area contributed by atoms with E-state index in [9.17, 15) is 9.59 Å². The van der Waals surface area contributed by atoms with Crippen LogP contribution in [0.25, 0.3) is 0 Å². The summed E-state index contributed by atoms with van der Waals surface area (Å²) in [6, 6.07) is 30.1. The van der Waals surface area contributed by atoms with Gasteiger partial charge in [0, 0.05) is 17.0 Å². The van der Waals surface area contributed by atoms with Crippen molar-refractivity contribution < 1.29 is 9.59 Å². The molecular weight excluding hydrogens is 478 g/mol. The van der Waals surface area contributed by atoms with Crippen molar-refractivity contribution in [1.29, 1.82) is 0 Å². The molecule has 8 rings (SSSR count). The third-order valence-electron chi connectivity index (χ3n) is 8.24. The quantitative estimate of drug-likeness (QED) is 0.261. The Kier molecular flexibility index (Phi) is 8.18. The van der Waals surface area contributed by atoms with Crippen LogP contribution < -0.4 is 5.73 Å². The summed E-state index contributed by atoms with van der Waals surface area (Å²) < 4.78 is 0. The largest absolute Gasteiger partial charge is 0.324 e. The second-order valence-corrected chi connectivity index (χ2v) is 10.8. The minimum Gasteiger partial charge on any atom is -0.324 e. The third kappa shape index (κ3) is 6.10. The second kappa shape index (κ2) is 11.9. The van der Waals surface area contributed by atoms with Gasteiger partial charge in [-0.2, -0.15) is 0 Å². The van der Waals surface area contributed by atoms with E-state index >= 15 is 0 Å². The Morgan fingerprint density at radius 1 is 0.692 bits per heavy atom. The molecule has 4 aromatic carbocycles. The fraction of sp³-hybridized carbons (Fsp3) is 0.278. The Balaban J connectivity index is 1.37. The number of aryl methyl sites for hydroxylation is 6. The predicted octanol–water partition coefficient (Wildman–Crippen LogP) is 6.85. The molecule has 4 aliphatic rings. The lowest BCUT2D eigenvalue weighted by molar-refractivity contribution is 0.0997. The number of Topliss-reactive ketones (excluding diaryl/α,β-unsaturated/α-hetero) is 2. The number of hydrogen-bond acceptors (Lipinski definition) is 3. The van der Waals surface area contributed by atoms with Gasteiger partial charge in [-0.25, -0.2) is 0 Å². The fourth-order valence-electron chi connectivity index (χ4n) is 5.88. The average Bonchev–Trinajstić information content (AvgIpc) is 2.96. The Hall–Kier alpha value is -3.82. The molecule has 3 heteroatoms. The highest BCUT2D eigenvalue weighted by Crippen LogP contribution is 2.34. The van der Waals surface area contributed by atoms with Gasteiger partial charge in [0.25, 0.3) is 0 Å². The summed E-state index contributed by atoms with van der Waals surface area (Å²) in [5.74, 6) is 0.259. The van der Waals surface area contributed by atoms with Gasteiger partial charge in [-0.3, -0.25) is 9.59 Å². The zero-order chi connectivity index (χ0) is 27.4. The number of carbonyl (C=O) groups is 2. The molecule has 39 heavy (non-hydrogen) atoms. The van der Waals surface area contributed by atoms with E-state index in [-0.39, 0.29) is 24.0 Å². The average molecular weight is 516 g/mol. The number of carbonyl (C=O) groups excluding carboxylic acids is 2. The molecule has 0 aromatic heterocycles. The lowest BCUT2D eigenvalue weighted by atomic mass is 9.80. The molecule has 0 saturated heterocycles. The molecule has 2 N–H and O–H groups in total. The van der Waals surface area contributed by atoms with Crippen molar-refractivity contribution in [3.8, 4) is 0 Å². The van der Waals surface area contributed by atoms with E-state index in [0.717, 1.165) is 49.7 Å². The van der Waals surface area contributed by atoms with Gasteiger partial charge < -0.3 is 5.73 Å². The van der Waals surface area contributed by atoms with Crippen LogP contribution in [-0.2, 0) is 38.5 Å². The Morgan fingerprint density at radius 3 is 1.74 bits per heavy atom. The number of ketones is 2. The first-order valence-electron chi connectivity index (χ1n) is 14.1. The van der Waals surface area contributed by atoms with Gasteiger partial charge in [-0.15, -0.1) is 0 Å². The van der Waals surface area contributed by atoms with Crippen LogP contribution in [-0.4, -0.2) is 18.1 Å². The molecule has 3 nitrogen and oxygen atoms in total. The summed E-state index contributed by atoms with van der Waals surface area (Å²) >= 11 is 0. The van der Waals surface area contributed by atoms with Crippen molar-refractivity contribution in [3.63, 3.8) is 0 Å². The van der Waals surface area contributed by atoms with Crippen LogP contribution in [0.2, 0.25) is 0 Å². The van der Waals surface area contributed by atoms with Crippen LogP contribution in [0, 0.1) is 0 Å². The molecule has 0 aliphatic heterocycles. The molecule has 0 spiro atoms. The first-order chi connectivity index (χ1) is 18.9. The molecule has 4 aromatic rings. The summed E-state index contributed by atoms with van der Waals surface area (Å²) in [7, 11) is 0. The van der Waals surface area contributed by atoms with Crippen molar-refractivity contribution in [1.82, 2.24) is 0 Å². The summed E-state index contributed by atoms with van der Waals surface area (Å²) in [5.41, 5.74) is 17.1. The monoisotopic (exact) mass is 515 g/mol. The highest BCUT2D eigenvalue weighted by molar-refractivity contribution is 5.98. The maximum Gasteiger partial charge on any atom is 0.176 e. The second-order valence-electron chi connectivity index (χ2n) is 10.8. The van der Waals surface area contributed by atoms with Gasteiger partial charge in [-0.05, 0) is 90.0 Å². The molecule has 0 radical (unpaired) electrons. The number of benzene rings is 4. The van der Waals surface area contributed by atoms with Crippen molar-refractivity contribution in [2.75, 3.05) is 6.54 Å². The minimum atomic E-state index is -0.0327. The van der Waals surface area contributed by atoms with Crippen LogP contribution >= 0.6 is 0 Å². The zero-order valence-corrected chi connectivity index (χ0v) is 23.0. The van der Waals surface area contributed by atoms with Gasteiger partial charge >= 0.3 is 0 Å². The summed E-state index contributed by atoms with van der Waals surface area (Å²) in [4.78, 5) is 24.8.